The fourth-order valence-corrected chi connectivity index (χ4v) is 7.75. The molecule has 0 radical (unpaired) electrons. The van der Waals surface area contributed by atoms with E-state index in [2.05, 4.69) is 9.80 Å². The zero-order valence-electron chi connectivity index (χ0n) is 15.7. The maximum absolute atomic E-state index is 2.84. The summed E-state index contributed by atoms with van der Waals surface area (Å²) in [5.74, 6) is 6.63. The van der Waals surface area contributed by atoms with E-state index in [0.29, 0.717) is 0 Å². The third-order valence-corrected chi connectivity index (χ3v) is 8.68. The quantitative estimate of drug-likeness (QED) is 0.760. The minimum Gasteiger partial charge on any atom is -0.303 e. The van der Waals surface area contributed by atoms with E-state index >= 15 is 0 Å². The number of likely N-dealkylation sites (tertiary alicyclic amines) is 2. The van der Waals surface area contributed by atoms with Gasteiger partial charge in [-0.15, -0.1) is 0 Å². The van der Waals surface area contributed by atoms with Crippen molar-refractivity contribution in [1.82, 2.24) is 9.80 Å². The van der Waals surface area contributed by atoms with Crippen molar-refractivity contribution in [2.45, 2.75) is 64.2 Å². The van der Waals surface area contributed by atoms with Crippen LogP contribution in [0.15, 0.2) is 0 Å². The first kappa shape index (κ1) is 16.1. The van der Waals surface area contributed by atoms with Crippen LogP contribution < -0.4 is 0 Å². The van der Waals surface area contributed by atoms with E-state index in [4.69, 9.17) is 0 Å². The third kappa shape index (κ3) is 2.96. The zero-order chi connectivity index (χ0) is 15.9. The van der Waals surface area contributed by atoms with E-state index in [1.165, 1.54) is 77.8 Å². The summed E-state index contributed by atoms with van der Waals surface area (Å²) >= 11 is 0. The number of fused-ring (bicyclic) bond motifs is 5. The van der Waals surface area contributed by atoms with E-state index < -0.39 is 0 Å². The van der Waals surface area contributed by atoms with Gasteiger partial charge in [-0.1, -0.05) is 12.8 Å². The standard InChI is InChI=1S/C22H38N2/c1-3-9-23(10-4-1)15-17-7-8-20-18-13-19(21(14-18)22(17)20)16-24-11-5-2-6-12-24/h17-22H,1-16H2. The monoisotopic (exact) mass is 330 g/mol. The molecule has 3 saturated carbocycles. The summed E-state index contributed by atoms with van der Waals surface area (Å²) in [5.41, 5.74) is 0. The highest BCUT2D eigenvalue weighted by atomic mass is 15.1. The Morgan fingerprint density at radius 3 is 1.88 bits per heavy atom. The number of hydrogen-bond donors (Lipinski definition) is 0. The average molecular weight is 331 g/mol. The Bertz CT molecular complexity index is 424. The first-order valence-corrected chi connectivity index (χ1v) is 11.3. The van der Waals surface area contributed by atoms with Gasteiger partial charge in [0.05, 0.1) is 0 Å². The van der Waals surface area contributed by atoms with Gasteiger partial charge in [-0.3, -0.25) is 0 Å². The van der Waals surface area contributed by atoms with Crippen LogP contribution in [0.3, 0.4) is 0 Å². The Kier molecular flexibility index (Phi) is 4.64. The van der Waals surface area contributed by atoms with E-state index in [-0.39, 0.29) is 0 Å². The second kappa shape index (κ2) is 6.91. The fourth-order valence-electron chi connectivity index (χ4n) is 7.75. The highest BCUT2D eigenvalue weighted by Gasteiger charge is 2.57. The van der Waals surface area contributed by atoms with Crippen LogP contribution >= 0.6 is 0 Å². The zero-order valence-corrected chi connectivity index (χ0v) is 15.7. The maximum atomic E-state index is 2.84. The van der Waals surface area contributed by atoms with E-state index in [1.54, 1.807) is 25.7 Å². The molecule has 24 heavy (non-hydrogen) atoms. The summed E-state index contributed by atoms with van der Waals surface area (Å²) in [6, 6.07) is 0. The molecule has 0 aromatic carbocycles. The summed E-state index contributed by atoms with van der Waals surface area (Å²) in [5, 5.41) is 0. The molecule has 5 aliphatic rings. The van der Waals surface area contributed by atoms with Gasteiger partial charge in [0, 0.05) is 13.1 Å². The van der Waals surface area contributed by atoms with Crippen molar-refractivity contribution < 1.29 is 0 Å². The first-order chi connectivity index (χ1) is 11.9. The Hall–Kier alpha value is -0.0800. The van der Waals surface area contributed by atoms with Gasteiger partial charge in [0.25, 0.3) is 0 Å². The van der Waals surface area contributed by atoms with Crippen LogP contribution in [-0.2, 0) is 0 Å². The minimum absolute atomic E-state index is 1.06. The molecule has 3 aliphatic carbocycles. The van der Waals surface area contributed by atoms with Crippen molar-refractivity contribution in [3.8, 4) is 0 Å². The van der Waals surface area contributed by atoms with Crippen molar-refractivity contribution in [2.75, 3.05) is 39.3 Å². The van der Waals surface area contributed by atoms with Crippen LogP contribution in [0.2, 0.25) is 0 Å². The van der Waals surface area contributed by atoms with E-state index in [0.717, 1.165) is 35.5 Å². The lowest BCUT2D eigenvalue weighted by Crippen LogP contribution is -2.41. The molecular formula is C22H38N2. The molecule has 2 bridgehead atoms. The highest BCUT2D eigenvalue weighted by Crippen LogP contribution is 2.63. The smallest absolute Gasteiger partial charge is 0.00125 e. The Morgan fingerprint density at radius 2 is 1.21 bits per heavy atom. The summed E-state index contributed by atoms with van der Waals surface area (Å²) in [7, 11) is 0. The van der Waals surface area contributed by atoms with Gasteiger partial charge < -0.3 is 9.80 Å². The van der Waals surface area contributed by atoms with Gasteiger partial charge in [0.15, 0.2) is 0 Å². The first-order valence-electron chi connectivity index (χ1n) is 11.3. The van der Waals surface area contributed by atoms with Gasteiger partial charge in [-0.25, -0.2) is 0 Å². The second-order valence-corrected chi connectivity index (χ2v) is 9.96. The largest absolute Gasteiger partial charge is 0.303 e. The molecule has 0 amide bonds. The van der Waals surface area contributed by atoms with Crippen LogP contribution in [0.4, 0.5) is 0 Å². The van der Waals surface area contributed by atoms with Gasteiger partial charge in [0.1, 0.15) is 0 Å². The lowest BCUT2D eigenvalue weighted by Gasteiger charge is -2.39. The Balaban J connectivity index is 1.22. The molecule has 0 aromatic rings. The van der Waals surface area contributed by atoms with Gasteiger partial charge in [-0.05, 0) is 113 Å². The van der Waals surface area contributed by atoms with Crippen molar-refractivity contribution in [3.05, 3.63) is 0 Å². The lowest BCUT2D eigenvalue weighted by molar-refractivity contribution is 0.0868. The number of nitrogens with zero attached hydrogens (tertiary/aromatic N) is 2. The Morgan fingerprint density at radius 1 is 0.583 bits per heavy atom. The molecule has 0 N–H and O–H groups in total. The SMILES string of the molecule is C1CCN(CC2CC3CC2C2C(CN4CCCCC4)CCC32)CC1. The number of hydrogen-bond acceptors (Lipinski definition) is 2. The van der Waals surface area contributed by atoms with Crippen molar-refractivity contribution in [1.29, 1.82) is 0 Å². The van der Waals surface area contributed by atoms with E-state index in [1.807, 2.05) is 0 Å². The molecule has 2 aliphatic heterocycles. The molecule has 2 heterocycles. The normalized spacial score (nSPS) is 46.5. The van der Waals surface area contributed by atoms with Crippen molar-refractivity contribution in [2.24, 2.45) is 35.5 Å². The number of piperidine rings is 2. The molecule has 136 valence electrons. The minimum atomic E-state index is 1.06. The summed E-state index contributed by atoms with van der Waals surface area (Å²) in [6.45, 7) is 8.53. The fraction of sp³-hybridized carbons (Fsp3) is 1.00. The molecule has 2 saturated heterocycles. The topological polar surface area (TPSA) is 6.48 Å². The molecule has 2 heteroatoms. The summed E-state index contributed by atoms with van der Waals surface area (Å²) < 4.78 is 0. The molecule has 5 rings (SSSR count). The van der Waals surface area contributed by atoms with Crippen LogP contribution in [0.5, 0.6) is 0 Å². The number of rotatable bonds is 4. The summed E-state index contributed by atoms with van der Waals surface area (Å²) in [6.07, 6.45) is 15.2. The van der Waals surface area contributed by atoms with Crippen LogP contribution in [-0.4, -0.2) is 49.1 Å². The molecule has 0 spiro atoms. The third-order valence-electron chi connectivity index (χ3n) is 8.68. The van der Waals surface area contributed by atoms with Gasteiger partial charge >= 0.3 is 0 Å². The average Bonchev–Trinajstić information content (AvgIpc) is 3.30. The Labute approximate surface area is 149 Å². The predicted molar refractivity (Wildman–Crippen MR) is 100.0 cm³/mol. The summed E-state index contributed by atoms with van der Waals surface area (Å²) in [4.78, 5) is 5.67. The van der Waals surface area contributed by atoms with E-state index in [9.17, 15) is 0 Å². The van der Waals surface area contributed by atoms with Crippen LogP contribution in [0.1, 0.15) is 64.2 Å². The molecule has 6 atom stereocenters. The molecular weight excluding hydrogens is 292 g/mol. The van der Waals surface area contributed by atoms with Crippen molar-refractivity contribution in [3.63, 3.8) is 0 Å². The maximum Gasteiger partial charge on any atom is 0.00125 e. The molecule has 0 aromatic heterocycles. The lowest BCUT2D eigenvalue weighted by atomic mass is 9.72. The van der Waals surface area contributed by atoms with Crippen LogP contribution in [0, 0.1) is 35.5 Å². The van der Waals surface area contributed by atoms with Crippen molar-refractivity contribution >= 4 is 0 Å². The predicted octanol–water partition coefficient (Wildman–Crippen LogP) is 4.26. The van der Waals surface area contributed by atoms with Gasteiger partial charge in [0.2, 0.25) is 0 Å². The highest BCUT2D eigenvalue weighted by molar-refractivity contribution is 5.06. The second-order valence-electron chi connectivity index (χ2n) is 9.96. The molecule has 2 nitrogen and oxygen atoms in total. The molecule has 5 fully saturated rings. The van der Waals surface area contributed by atoms with Crippen LogP contribution in [0.25, 0.3) is 0 Å². The molecule has 6 unspecified atom stereocenters. The van der Waals surface area contributed by atoms with Gasteiger partial charge in [-0.2, -0.15) is 0 Å².